The summed E-state index contributed by atoms with van der Waals surface area (Å²) in [5.74, 6) is 6.00. The van der Waals surface area contributed by atoms with E-state index in [0.717, 1.165) is 35.5 Å². The highest BCUT2D eigenvalue weighted by Crippen LogP contribution is 2.69. The van der Waals surface area contributed by atoms with E-state index in [1.54, 1.807) is 27.6 Å². The summed E-state index contributed by atoms with van der Waals surface area (Å²) in [7, 11) is 0. The number of hydrogen-bond acceptors (Lipinski definition) is 0. The van der Waals surface area contributed by atoms with Crippen molar-refractivity contribution >= 4 is 49.5 Å². The first-order valence-electron chi connectivity index (χ1n) is 31.2. The first-order valence-corrected chi connectivity index (χ1v) is 31.2. The Morgan fingerprint density at radius 3 is 1.81 bits per heavy atom. The molecule has 388 valence electrons. The van der Waals surface area contributed by atoms with Crippen molar-refractivity contribution in [2.75, 3.05) is 0 Å². The van der Waals surface area contributed by atoms with E-state index >= 15 is 0 Å². The quantitative estimate of drug-likeness (QED) is 0.0807. The zero-order valence-electron chi connectivity index (χ0n) is 46.8. The van der Waals surface area contributed by atoms with E-state index in [2.05, 4.69) is 134 Å². The van der Waals surface area contributed by atoms with Gasteiger partial charge < -0.3 is 4.40 Å². The fraction of sp³-hybridized carbons (Fsp3) is 0.486. The number of benzene rings is 6. The third-order valence-corrected chi connectivity index (χ3v) is 23.7. The van der Waals surface area contributed by atoms with Crippen LogP contribution in [0.3, 0.4) is 0 Å². The van der Waals surface area contributed by atoms with Crippen molar-refractivity contribution in [2.24, 2.45) is 35.5 Å². The lowest BCUT2D eigenvalue weighted by Crippen LogP contribution is -2.37. The maximum absolute atomic E-state index is 9.05. The van der Waals surface area contributed by atoms with Crippen LogP contribution in [0.25, 0.3) is 81.2 Å². The highest BCUT2D eigenvalue weighted by Gasteiger charge is 2.54. The molecule has 3 heteroatoms. The zero-order chi connectivity index (χ0) is 52.0. The molecule has 11 atom stereocenters. The molecular formula is C74H77N3. The van der Waals surface area contributed by atoms with Crippen LogP contribution in [-0.2, 0) is 10.8 Å². The van der Waals surface area contributed by atoms with E-state index in [9.17, 15) is 0 Å². The minimum absolute atomic E-state index is 0.0715. The molecular weight excluding hydrogens is 931 g/mol. The number of fused-ring (bicyclic) bond motifs is 25. The summed E-state index contributed by atoms with van der Waals surface area (Å²) in [6.07, 6.45) is 22.6. The van der Waals surface area contributed by atoms with Crippen LogP contribution in [0.15, 0.2) is 78.9 Å². The van der Waals surface area contributed by atoms with Crippen LogP contribution in [0.5, 0.6) is 0 Å². The number of nitrogens with zero attached hydrogens (tertiary/aromatic N) is 3. The molecule has 3 nitrogen and oxygen atoms in total. The first kappa shape index (κ1) is 47.1. The van der Waals surface area contributed by atoms with Crippen molar-refractivity contribution in [1.82, 2.24) is 4.40 Å². The number of aromatic nitrogens is 1. The fourth-order valence-corrected chi connectivity index (χ4v) is 20.8. The van der Waals surface area contributed by atoms with Gasteiger partial charge in [0.15, 0.2) is 11.4 Å². The molecule has 8 aliphatic carbocycles. The maximum Gasteiger partial charge on any atom is 0.193 e. The van der Waals surface area contributed by atoms with Crippen LogP contribution < -0.4 is 0 Å². The standard InChI is InChI=1S/C74H77N3/c1-9-13-15-19-49(12-4)74(39-40(11-3)18-14-10-2)59-35-44(43-22-24-51-50-20-16-17-21-57(50)73(5,6)58(51)34-43)23-25-52(59)55-36-56-68-62(37-60(75-7)66-53-30-41-26-45(53)32-47(28-41)64(66)68)77-63-38-61(76-8)67-54-31-42-27-46(54)33-48(29-42)65(67)69(63)70(71(55)74)72(56)77/h16-17,20-25,34-38,40-42,45-49,53-54H,9-15,18-19,26-33,39H2,1-6H3. The van der Waals surface area contributed by atoms with Gasteiger partial charge in [-0.05, 0) is 232 Å². The van der Waals surface area contributed by atoms with Gasteiger partial charge in [0.05, 0.1) is 18.7 Å². The van der Waals surface area contributed by atoms with Gasteiger partial charge in [-0.2, -0.15) is 0 Å². The van der Waals surface area contributed by atoms with E-state index in [1.165, 1.54) is 197 Å². The smallest absolute Gasteiger partial charge is 0.193 e. The third kappa shape index (κ3) is 6.09. The van der Waals surface area contributed by atoms with Gasteiger partial charge in [-0.1, -0.05) is 141 Å². The molecule has 2 aromatic heterocycles. The van der Waals surface area contributed by atoms with Gasteiger partial charge in [0.2, 0.25) is 0 Å². The van der Waals surface area contributed by atoms with Crippen LogP contribution in [0, 0.1) is 48.7 Å². The molecule has 2 heterocycles. The van der Waals surface area contributed by atoms with Gasteiger partial charge in [-0.15, -0.1) is 0 Å². The lowest BCUT2D eigenvalue weighted by atomic mass is 9.60. The van der Waals surface area contributed by atoms with Gasteiger partial charge in [0, 0.05) is 43.4 Å². The summed E-state index contributed by atoms with van der Waals surface area (Å²) in [6.45, 7) is 32.7. The third-order valence-electron chi connectivity index (χ3n) is 23.7. The van der Waals surface area contributed by atoms with Crippen molar-refractivity contribution in [3.63, 3.8) is 0 Å². The molecule has 0 N–H and O–H groups in total. The fourth-order valence-electron chi connectivity index (χ4n) is 20.8. The van der Waals surface area contributed by atoms with E-state index in [4.69, 9.17) is 13.1 Å². The van der Waals surface area contributed by atoms with Gasteiger partial charge in [-0.3, -0.25) is 0 Å². The summed E-state index contributed by atoms with van der Waals surface area (Å²) in [5.41, 5.74) is 26.1. The average Bonchev–Trinajstić information content (AvgIpc) is 3.63. The maximum atomic E-state index is 9.05. The second-order valence-corrected chi connectivity index (χ2v) is 27.5. The molecule has 16 rings (SSSR count). The van der Waals surface area contributed by atoms with E-state index in [0.29, 0.717) is 41.4 Å². The summed E-state index contributed by atoms with van der Waals surface area (Å²) in [5, 5.41) is 5.94. The molecule has 6 bridgehead atoms. The summed E-state index contributed by atoms with van der Waals surface area (Å²) >= 11 is 0. The lowest BCUT2D eigenvalue weighted by Gasteiger charge is -2.43. The Morgan fingerprint density at radius 2 is 1.17 bits per heavy atom. The summed E-state index contributed by atoms with van der Waals surface area (Å²) < 4.78 is 2.72. The molecule has 0 saturated heterocycles. The molecule has 11 unspecified atom stereocenters. The van der Waals surface area contributed by atoms with Crippen molar-refractivity contribution in [3.05, 3.63) is 146 Å². The van der Waals surface area contributed by atoms with Gasteiger partial charge >= 0.3 is 0 Å². The van der Waals surface area contributed by atoms with Crippen molar-refractivity contribution in [3.8, 4) is 33.4 Å². The minimum Gasteiger partial charge on any atom is -0.310 e. The van der Waals surface area contributed by atoms with Crippen LogP contribution >= 0.6 is 0 Å². The van der Waals surface area contributed by atoms with Gasteiger partial charge in [0.1, 0.15) is 0 Å². The topological polar surface area (TPSA) is 13.1 Å². The molecule has 0 aliphatic heterocycles. The molecule has 0 amide bonds. The molecule has 6 aromatic carbocycles. The van der Waals surface area contributed by atoms with Crippen LogP contribution in [0.2, 0.25) is 0 Å². The van der Waals surface area contributed by atoms with Gasteiger partial charge in [-0.25, -0.2) is 9.69 Å². The highest BCUT2D eigenvalue weighted by molar-refractivity contribution is 6.29. The van der Waals surface area contributed by atoms with E-state index in [1.807, 2.05) is 0 Å². The minimum atomic E-state index is -0.216. The Hall–Kier alpha value is -5.90. The molecule has 4 fully saturated rings. The number of hydrogen-bond donors (Lipinski definition) is 0. The summed E-state index contributed by atoms with van der Waals surface area (Å²) in [4.78, 5) is 9.13. The molecule has 4 saturated carbocycles. The van der Waals surface area contributed by atoms with Crippen molar-refractivity contribution in [1.29, 1.82) is 0 Å². The SMILES string of the molecule is [C-]#[N+]c1cc2c(c3c1C1CC4CC3CC1C4)c1cc3c(c4c5c6c(c([N+]#[C-])cc5n2c14)C1CC2CC6CC1C2)C(CC(CC)CCCC)(C(CC)CCCCC)c1cc(-c2ccc4c(c2)C(C)(C)c2ccccc2-4)ccc1-3. The molecule has 8 aliphatic rings. The number of unbranched alkanes of at least 4 members (excludes halogenated alkanes) is 3. The Kier molecular flexibility index (Phi) is 10.3. The van der Waals surface area contributed by atoms with Crippen LogP contribution in [0.1, 0.15) is 225 Å². The van der Waals surface area contributed by atoms with Crippen LogP contribution in [0.4, 0.5) is 11.4 Å². The summed E-state index contributed by atoms with van der Waals surface area (Å²) in [6, 6.07) is 32.0. The van der Waals surface area contributed by atoms with Crippen molar-refractivity contribution < 1.29 is 0 Å². The molecule has 8 aromatic rings. The molecule has 0 spiro atoms. The molecule has 0 radical (unpaired) electrons. The highest BCUT2D eigenvalue weighted by atomic mass is 14.9. The lowest BCUT2D eigenvalue weighted by molar-refractivity contribution is 0.225. The average molecular weight is 1010 g/mol. The second kappa shape index (κ2) is 16.8. The Labute approximate surface area is 458 Å². The Balaban J connectivity index is 1.06. The second-order valence-electron chi connectivity index (χ2n) is 27.5. The van der Waals surface area contributed by atoms with Crippen molar-refractivity contribution in [2.45, 2.75) is 192 Å². The molecule has 77 heavy (non-hydrogen) atoms. The number of rotatable bonds is 13. The van der Waals surface area contributed by atoms with Crippen LogP contribution in [-0.4, -0.2) is 4.40 Å². The Morgan fingerprint density at radius 1 is 0.558 bits per heavy atom. The predicted octanol–water partition coefficient (Wildman–Crippen LogP) is 21.4. The normalized spacial score (nSPS) is 27.7. The Bertz CT molecular complexity index is 3920. The largest absolute Gasteiger partial charge is 0.310 e. The monoisotopic (exact) mass is 1010 g/mol. The van der Waals surface area contributed by atoms with E-state index in [-0.39, 0.29) is 10.8 Å². The zero-order valence-corrected chi connectivity index (χ0v) is 46.8. The first-order chi connectivity index (χ1) is 37.6. The van der Waals surface area contributed by atoms with E-state index < -0.39 is 0 Å². The predicted molar refractivity (Wildman–Crippen MR) is 321 cm³/mol. The van der Waals surface area contributed by atoms with Gasteiger partial charge in [0.25, 0.3) is 0 Å².